The topological polar surface area (TPSA) is 70.0 Å². The van der Waals surface area contributed by atoms with Crippen molar-refractivity contribution < 1.29 is 9.50 Å². The van der Waals surface area contributed by atoms with Crippen LogP contribution in [0, 0.1) is 23.1 Å². The lowest BCUT2D eigenvalue weighted by Crippen LogP contribution is -2.26. The standard InChI is InChI=1S/C14H19FN2O.ClH/c1-9(2)3-6-13(18)14(17)10-4-5-12(15)11(7-10)8-16;/h4-5,7,9,13-14,18H,3,6,17H2,1-2H3;1H/t13-,14+;/m0./s1. The van der Waals surface area contributed by atoms with E-state index in [-0.39, 0.29) is 18.0 Å². The summed E-state index contributed by atoms with van der Waals surface area (Å²) in [6, 6.07) is 5.31. The maximum Gasteiger partial charge on any atom is 0.140 e. The molecule has 0 saturated heterocycles. The Kier molecular flexibility index (Phi) is 7.62. The number of aliphatic hydroxyl groups is 1. The maximum absolute atomic E-state index is 13.2. The summed E-state index contributed by atoms with van der Waals surface area (Å²) in [6.07, 6.45) is 0.795. The van der Waals surface area contributed by atoms with Crippen LogP contribution < -0.4 is 5.73 Å². The molecule has 0 amide bonds. The fourth-order valence-electron chi connectivity index (χ4n) is 1.74. The van der Waals surface area contributed by atoms with Crippen LogP contribution in [0.3, 0.4) is 0 Å². The molecule has 1 rings (SSSR count). The molecule has 0 radical (unpaired) electrons. The van der Waals surface area contributed by atoms with Crippen LogP contribution in [0.4, 0.5) is 4.39 Å². The predicted octanol–water partition coefficient (Wildman–Crippen LogP) is 2.92. The number of hydrogen-bond donors (Lipinski definition) is 2. The number of benzene rings is 1. The molecule has 3 nitrogen and oxygen atoms in total. The number of rotatable bonds is 5. The highest BCUT2D eigenvalue weighted by Crippen LogP contribution is 2.21. The zero-order valence-electron chi connectivity index (χ0n) is 11.1. The van der Waals surface area contributed by atoms with Gasteiger partial charge in [-0.25, -0.2) is 4.39 Å². The second kappa shape index (κ2) is 8.11. The summed E-state index contributed by atoms with van der Waals surface area (Å²) in [6.45, 7) is 4.15. The third-order valence-corrected chi connectivity index (χ3v) is 2.95. The van der Waals surface area contributed by atoms with Gasteiger partial charge in [0.25, 0.3) is 0 Å². The van der Waals surface area contributed by atoms with Crippen molar-refractivity contribution in [2.24, 2.45) is 11.7 Å². The Balaban J connectivity index is 0.00000324. The maximum atomic E-state index is 13.2. The zero-order valence-corrected chi connectivity index (χ0v) is 12.0. The highest BCUT2D eigenvalue weighted by Gasteiger charge is 2.18. The minimum absolute atomic E-state index is 0. The Morgan fingerprint density at radius 3 is 2.53 bits per heavy atom. The molecule has 0 aliphatic rings. The zero-order chi connectivity index (χ0) is 13.7. The highest BCUT2D eigenvalue weighted by atomic mass is 35.5. The Labute approximate surface area is 119 Å². The number of nitriles is 1. The molecule has 0 aliphatic carbocycles. The lowest BCUT2D eigenvalue weighted by Gasteiger charge is -2.20. The van der Waals surface area contributed by atoms with Gasteiger partial charge < -0.3 is 10.8 Å². The van der Waals surface area contributed by atoms with Crippen molar-refractivity contribution in [1.29, 1.82) is 5.26 Å². The van der Waals surface area contributed by atoms with E-state index in [0.29, 0.717) is 17.9 Å². The monoisotopic (exact) mass is 286 g/mol. The molecule has 0 unspecified atom stereocenters. The summed E-state index contributed by atoms with van der Waals surface area (Å²) < 4.78 is 13.2. The van der Waals surface area contributed by atoms with Crippen LogP contribution in [0.1, 0.15) is 43.9 Å². The lowest BCUT2D eigenvalue weighted by molar-refractivity contribution is 0.128. The van der Waals surface area contributed by atoms with E-state index in [1.54, 1.807) is 6.07 Å². The van der Waals surface area contributed by atoms with E-state index in [4.69, 9.17) is 11.0 Å². The van der Waals surface area contributed by atoms with Gasteiger partial charge in [-0.15, -0.1) is 12.4 Å². The summed E-state index contributed by atoms with van der Waals surface area (Å²) in [5.74, 6) is -0.0696. The molecule has 0 bridgehead atoms. The Hall–Kier alpha value is -1.15. The normalized spacial score (nSPS) is 13.5. The SMILES string of the molecule is CC(C)CC[C@H](O)[C@H](N)c1ccc(F)c(C#N)c1.Cl. The smallest absolute Gasteiger partial charge is 0.140 e. The molecule has 0 aliphatic heterocycles. The van der Waals surface area contributed by atoms with Crippen molar-refractivity contribution in [3.63, 3.8) is 0 Å². The fourth-order valence-corrected chi connectivity index (χ4v) is 1.74. The minimum atomic E-state index is -0.676. The molecule has 0 heterocycles. The summed E-state index contributed by atoms with van der Waals surface area (Å²) in [5, 5.41) is 18.7. The predicted molar refractivity (Wildman–Crippen MR) is 75.4 cm³/mol. The minimum Gasteiger partial charge on any atom is -0.391 e. The van der Waals surface area contributed by atoms with E-state index < -0.39 is 18.0 Å². The van der Waals surface area contributed by atoms with Crippen molar-refractivity contribution in [2.45, 2.75) is 38.8 Å². The molecule has 106 valence electrons. The van der Waals surface area contributed by atoms with E-state index in [9.17, 15) is 9.50 Å². The van der Waals surface area contributed by atoms with Crippen LogP contribution in [0.25, 0.3) is 0 Å². The first-order valence-corrected chi connectivity index (χ1v) is 6.09. The van der Waals surface area contributed by atoms with Crippen molar-refractivity contribution in [3.8, 4) is 6.07 Å². The Morgan fingerprint density at radius 1 is 1.37 bits per heavy atom. The van der Waals surface area contributed by atoms with Crippen LogP contribution in [-0.4, -0.2) is 11.2 Å². The van der Waals surface area contributed by atoms with Crippen LogP contribution in [-0.2, 0) is 0 Å². The first-order valence-electron chi connectivity index (χ1n) is 6.09. The number of nitrogens with zero attached hydrogens (tertiary/aromatic N) is 1. The Bertz CT molecular complexity index is 446. The fraction of sp³-hybridized carbons (Fsp3) is 0.500. The quantitative estimate of drug-likeness (QED) is 0.874. The van der Waals surface area contributed by atoms with Gasteiger partial charge >= 0.3 is 0 Å². The van der Waals surface area contributed by atoms with Gasteiger partial charge in [-0.05, 0) is 36.5 Å². The molecule has 0 saturated carbocycles. The molecule has 2 atom stereocenters. The van der Waals surface area contributed by atoms with Gasteiger partial charge in [-0.3, -0.25) is 0 Å². The van der Waals surface area contributed by atoms with Gasteiger partial charge in [0, 0.05) is 0 Å². The molecule has 0 spiro atoms. The number of nitrogens with two attached hydrogens (primary N) is 1. The van der Waals surface area contributed by atoms with E-state index in [2.05, 4.69) is 13.8 Å². The molecule has 1 aromatic carbocycles. The molecule has 3 N–H and O–H groups in total. The van der Waals surface area contributed by atoms with Crippen LogP contribution in [0.5, 0.6) is 0 Å². The molecule has 0 aromatic heterocycles. The molecular weight excluding hydrogens is 267 g/mol. The second-order valence-corrected chi connectivity index (χ2v) is 4.92. The first-order chi connectivity index (χ1) is 8.45. The summed E-state index contributed by atoms with van der Waals surface area (Å²) in [4.78, 5) is 0. The van der Waals surface area contributed by atoms with Gasteiger partial charge in [0.1, 0.15) is 11.9 Å². The third kappa shape index (κ3) is 5.15. The first kappa shape index (κ1) is 17.8. The Morgan fingerprint density at radius 2 is 2.00 bits per heavy atom. The largest absolute Gasteiger partial charge is 0.391 e. The summed E-state index contributed by atoms with van der Waals surface area (Å²) in [7, 11) is 0. The highest BCUT2D eigenvalue weighted by molar-refractivity contribution is 5.85. The lowest BCUT2D eigenvalue weighted by atomic mass is 9.95. The molecule has 19 heavy (non-hydrogen) atoms. The van der Waals surface area contributed by atoms with Gasteiger partial charge in [-0.1, -0.05) is 19.9 Å². The number of aliphatic hydroxyl groups excluding tert-OH is 1. The molecule has 5 heteroatoms. The van der Waals surface area contributed by atoms with E-state index in [0.717, 1.165) is 6.42 Å². The van der Waals surface area contributed by atoms with Crippen LogP contribution in [0.15, 0.2) is 18.2 Å². The molecule has 0 fully saturated rings. The van der Waals surface area contributed by atoms with Crippen LogP contribution in [0.2, 0.25) is 0 Å². The summed E-state index contributed by atoms with van der Waals surface area (Å²) >= 11 is 0. The average molecular weight is 287 g/mol. The molecular formula is C14H20ClFN2O. The van der Waals surface area contributed by atoms with E-state index >= 15 is 0 Å². The average Bonchev–Trinajstić information content (AvgIpc) is 2.35. The van der Waals surface area contributed by atoms with Crippen molar-refractivity contribution in [3.05, 3.63) is 35.1 Å². The number of halogens is 2. The van der Waals surface area contributed by atoms with Gasteiger partial charge in [-0.2, -0.15) is 5.26 Å². The van der Waals surface area contributed by atoms with Crippen molar-refractivity contribution in [1.82, 2.24) is 0 Å². The summed E-state index contributed by atoms with van der Waals surface area (Å²) in [5.41, 5.74) is 6.46. The third-order valence-electron chi connectivity index (χ3n) is 2.95. The van der Waals surface area contributed by atoms with Crippen LogP contribution >= 0.6 is 12.4 Å². The molecule has 1 aromatic rings. The van der Waals surface area contributed by atoms with Crippen molar-refractivity contribution >= 4 is 12.4 Å². The second-order valence-electron chi connectivity index (χ2n) is 4.92. The van der Waals surface area contributed by atoms with Gasteiger partial charge in [0.15, 0.2) is 0 Å². The van der Waals surface area contributed by atoms with E-state index in [1.165, 1.54) is 18.2 Å². The van der Waals surface area contributed by atoms with Crippen molar-refractivity contribution in [2.75, 3.05) is 0 Å². The van der Waals surface area contributed by atoms with Gasteiger partial charge in [0.05, 0.1) is 17.7 Å². The number of hydrogen-bond acceptors (Lipinski definition) is 3. The van der Waals surface area contributed by atoms with E-state index in [1.807, 2.05) is 0 Å². The van der Waals surface area contributed by atoms with Gasteiger partial charge in [0.2, 0.25) is 0 Å².